The molecule has 4 heteroatoms. The van der Waals surface area contributed by atoms with Crippen LogP contribution in [-0.2, 0) is 11.3 Å². The molecule has 2 heterocycles. The van der Waals surface area contributed by atoms with Gasteiger partial charge < -0.3 is 4.74 Å². The van der Waals surface area contributed by atoms with E-state index in [0.717, 1.165) is 42.4 Å². The van der Waals surface area contributed by atoms with E-state index in [2.05, 4.69) is 29.3 Å². The van der Waals surface area contributed by atoms with Gasteiger partial charge in [-0.1, -0.05) is 48.0 Å². The molecule has 0 saturated carbocycles. The van der Waals surface area contributed by atoms with E-state index >= 15 is 0 Å². The average molecular weight is 341 g/mol. The summed E-state index contributed by atoms with van der Waals surface area (Å²) in [5.41, 5.74) is 4.64. The van der Waals surface area contributed by atoms with E-state index in [1.54, 1.807) is 0 Å². The van der Waals surface area contributed by atoms with Crippen LogP contribution in [0, 0.1) is 0 Å². The van der Waals surface area contributed by atoms with Crippen LogP contribution in [0.15, 0.2) is 53.6 Å². The molecule has 2 aromatic carbocycles. The zero-order chi connectivity index (χ0) is 16.4. The Hall–Kier alpha value is -1.84. The number of fused-ring (bicyclic) bond motifs is 1. The Morgan fingerprint density at radius 2 is 1.92 bits per heavy atom. The number of hydrazone groups is 1. The molecule has 24 heavy (non-hydrogen) atoms. The van der Waals surface area contributed by atoms with Crippen molar-refractivity contribution in [3.63, 3.8) is 0 Å². The number of nitrogens with zero attached hydrogens (tertiary/aromatic N) is 2. The van der Waals surface area contributed by atoms with Gasteiger partial charge in [-0.3, -0.25) is 5.01 Å². The van der Waals surface area contributed by atoms with E-state index in [1.807, 2.05) is 24.3 Å². The lowest BCUT2D eigenvalue weighted by Gasteiger charge is -2.32. The fraction of sp³-hybridized carbons (Fsp3) is 0.350. The molecule has 1 unspecified atom stereocenters. The van der Waals surface area contributed by atoms with Gasteiger partial charge in [-0.05, 0) is 37.0 Å². The molecule has 0 N–H and O–H groups in total. The summed E-state index contributed by atoms with van der Waals surface area (Å²) in [5, 5.41) is 7.85. The van der Waals surface area contributed by atoms with Gasteiger partial charge in [0.1, 0.15) is 0 Å². The minimum Gasteiger partial charge on any atom is -0.376 e. The standard InChI is InChI=1S/C20H21ClN2O/c21-17-10-8-15(9-11-17)20-19-7-2-1-5-16(19)13-23(22-20)14-18-6-3-4-12-24-18/h1-2,5,7-11,18H,3-4,6,12-14H2. The molecule has 0 aromatic heterocycles. The molecule has 0 spiro atoms. The Morgan fingerprint density at radius 1 is 1.08 bits per heavy atom. The maximum absolute atomic E-state index is 6.04. The largest absolute Gasteiger partial charge is 0.376 e. The first kappa shape index (κ1) is 15.7. The van der Waals surface area contributed by atoms with Crippen LogP contribution in [0.1, 0.15) is 36.0 Å². The van der Waals surface area contributed by atoms with Crippen molar-refractivity contribution in [2.75, 3.05) is 13.2 Å². The minimum absolute atomic E-state index is 0.291. The van der Waals surface area contributed by atoms with Crippen molar-refractivity contribution in [1.29, 1.82) is 0 Å². The average Bonchev–Trinajstić information content (AvgIpc) is 2.63. The van der Waals surface area contributed by atoms with Crippen LogP contribution in [0.25, 0.3) is 0 Å². The quantitative estimate of drug-likeness (QED) is 0.823. The van der Waals surface area contributed by atoms with Crippen LogP contribution in [0.5, 0.6) is 0 Å². The van der Waals surface area contributed by atoms with Crippen molar-refractivity contribution in [2.45, 2.75) is 31.9 Å². The highest BCUT2D eigenvalue weighted by Gasteiger charge is 2.23. The molecule has 0 aliphatic carbocycles. The first-order valence-electron chi connectivity index (χ1n) is 8.59. The van der Waals surface area contributed by atoms with Crippen molar-refractivity contribution < 1.29 is 4.74 Å². The Morgan fingerprint density at radius 3 is 2.71 bits per heavy atom. The highest BCUT2D eigenvalue weighted by Crippen LogP contribution is 2.25. The molecule has 1 saturated heterocycles. The monoisotopic (exact) mass is 340 g/mol. The molecule has 124 valence electrons. The lowest BCUT2D eigenvalue weighted by Crippen LogP contribution is -2.35. The van der Waals surface area contributed by atoms with E-state index in [-0.39, 0.29) is 0 Å². The smallest absolute Gasteiger partial charge is 0.0979 e. The molecule has 1 atom stereocenters. The minimum atomic E-state index is 0.291. The fourth-order valence-corrected chi connectivity index (χ4v) is 3.56. The second-order valence-electron chi connectivity index (χ2n) is 6.45. The molecule has 0 bridgehead atoms. The van der Waals surface area contributed by atoms with Crippen LogP contribution in [0.3, 0.4) is 0 Å². The maximum atomic E-state index is 6.04. The predicted molar refractivity (Wildman–Crippen MR) is 97.5 cm³/mol. The first-order valence-corrected chi connectivity index (χ1v) is 8.97. The van der Waals surface area contributed by atoms with Crippen molar-refractivity contribution in [1.82, 2.24) is 5.01 Å². The third-order valence-electron chi connectivity index (χ3n) is 4.67. The van der Waals surface area contributed by atoms with E-state index in [4.69, 9.17) is 21.4 Å². The summed E-state index contributed by atoms with van der Waals surface area (Å²) in [6.45, 7) is 2.57. The number of benzene rings is 2. The summed E-state index contributed by atoms with van der Waals surface area (Å²) in [7, 11) is 0. The molecule has 2 aromatic rings. The van der Waals surface area contributed by atoms with E-state index < -0.39 is 0 Å². The summed E-state index contributed by atoms with van der Waals surface area (Å²) >= 11 is 6.04. The van der Waals surface area contributed by atoms with Crippen molar-refractivity contribution >= 4 is 17.3 Å². The molecule has 2 aliphatic rings. The van der Waals surface area contributed by atoms with Gasteiger partial charge in [0.15, 0.2) is 0 Å². The van der Waals surface area contributed by atoms with Crippen molar-refractivity contribution in [3.05, 3.63) is 70.2 Å². The van der Waals surface area contributed by atoms with Crippen LogP contribution in [-0.4, -0.2) is 30.0 Å². The summed E-state index contributed by atoms with van der Waals surface area (Å²) in [6, 6.07) is 16.4. The van der Waals surface area contributed by atoms with Crippen molar-refractivity contribution in [2.24, 2.45) is 5.10 Å². The van der Waals surface area contributed by atoms with Crippen LogP contribution in [0.2, 0.25) is 5.02 Å². The van der Waals surface area contributed by atoms with E-state index in [0.29, 0.717) is 6.10 Å². The second kappa shape index (κ2) is 6.96. The van der Waals surface area contributed by atoms with Crippen LogP contribution < -0.4 is 0 Å². The second-order valence-corrected chi connectivity index (χ2v) is 6.88. The van der Waals surface area contributed by atoms with Gasteiger partial charge >= 0.3 is 0 Å². The first-order chi connectivity index (χ1) is 11.8. The summed E-state index contributed by atoms with van der Waals surface area (Å²) in [6.07, 6.45) is 3.85. The number of halogens is 1. The fourth-order valence-electron chi connectivity index (χ4n) is 3.43. The van der Waals surface area contributed by atoms with Gasteiger partial charge in [0, 0.05) is 22.8 Å². The van der Waals surface area contributed by atoms with Gasteiger partial charge in [0.05, 0.1) is 24.9 Å². The molecule has 2 aliphatic heterocycles. The lowest BCUT2D eigenvalue weighted by molar-refractivity contribution is -0.00704. The molecule has 0 radical (unpaired) electrons. The highest BCUT2D eigenvalue weighted by molar-refractivity contribution is 6.30. The van der Waals surface area contributed by atoms with Gasteiger partial charge in [-0.2, -0.15) is 5.10 Å². The van der Waals surface area contributed by atoms with Crippen LogP contribution in [0.4, 0.5) is 0 Å². The number of ether oxygens (including phenoxy) is 1. The van der Waals surface area contributed by atoms with E-state index in [1.165, 1.54) is 24.0 Å². The summed E-state index contributed by atoms with van der Waals surface area (Å²) in [5.74, 6) is 0. The molecule has 0 amide bonds. The molecular weight excluding hydrogens is 320 g/mol. The van der Waals surface area contributed by atoms with E-state index in [9.17, 15) is 0 Å². The lowest BCUT2D eigenvalue weighted by atomic mass is 9.96. The summed E-state index contributed by atoms with van der Waals surface area (Å²) in [4.78, 5) is 0. The normalized spacial score (nSPS) is 20.5. The maximum Gasteiger partial charge on any atom is 0.0979 e. The van der Waals surface area contributed by atoms with Gasteiger partial charge in [-0.25, -0.2) is 0 Å². The Labute approximate surface area is 147 Å². The summed E-state index contributed by atoms with van der Waals surface area (Å²) < 4.78 is 5.90. The Kier molecular flexibility index (Phi) is 4.54. The number of rotatable bonds is 3. The predicted octanol–water partition coefficient (Wildman–Crippen LogP) is 4.48. The van der Waals surface area contributed by atoms with Gasteiger partial charge in [0.2, 0.25) is 0 Å². The van der Waals surface area contributed by atoms with Gasteiger partial charge in [-0.15, -0.1) is 0 Å². The highest BCUT2D eigenvalue weighted by atomic mass is 35.5. The molecular formula is C20H21ClN2O. The third kappa shape index (κ3) is 3.33. The number of hydrogen-bond donors (Lipinski definition) is 0. The van der Waals surface area contributed by atoms with Gasteiger partial charge in [0.25, 0.3) is 0 Å². The van der Waals surface area contributed by atoms with Crippen molar-refractivity contribution in [3.8, 4) is 0 Å². The zero-order valence-corrected chi connectivity index (χ0v) is 14.4. The third-order valence-corrected chi connectivity index (χ3v) is 4.92. The molecule has 1 fully saturated rings. The molecule has 3 nitrogen and oxygen atoms in total. The number of hydrogen-bond acceptors (Lipinski definition) is 3. The van der Waals surface area contributed by atoms with Crippen LogP contribution >= 0.6 is 11.6 Å². The topological polar surface area (TPSA) is 24.8 Å². The zero-order valence-electron chi connectivity index (χ0n) is 13.6. The Bertz CT molecular complexity index is 736. The Balaban J connectivity index is 1.65. The SMILES string of the molecule is Clc1ccc(C2=NN(CC3CCCCO3)Cc3ccccc32)cc1. The molecule has 4 rings (SSSR count).